The summed E-state index contributed by atoms with van der Waals surface area (Å²) in [5.41, 5.74) is 0. The van der Waals surface area contributed by atoms with Crippen molar-refractivity contribution >= 4 is 11.8 Å². The third kappa shape index (κ3) is 4.53. The van der Waals surface area contributed by atoms with Crippen molar-refractivity contribution in [3.05, 3.63) is 30.3 Å². The van der Waals surface area contributed by atoms with Gasteiger partial charge in [0.25, 0.3) is 0 Å². The zero-order valence-electron chi connectivity index (χ0n) is 15.0. The van der Waals surface area contributed by atoms with E-state index in [4.69, 9.17) is 4.74 Å². The first kappa shape index (κ1) is 17.8. The molecule has 0 spiro atoms. The fourth-order valence-corrected chi connectivity index (χ4v) is 3.88. The minimum atomic E-state index is -0.0694. The zero-order chi connectivity index (χ0) is 17.6. The smallest absolute Gasteiger partial charge is 0.227 e. The van der Waals surface area contributed by atoms with Gasteiger partial charge >= 0.3 is 0 Å². The first-order valence-corrected chi connectivity index (χ1v) is 9.37. The molecule has 1 aromatic rings. The van der Waals surface area contributed by atoms with Gasteiger partial charge in [-0.15, -0.1) is 0 Å². The maximum absolute atomic E-state index is 12.7. The largest absolute Gasteiger partial charge is 0.492 e. The highest BCUT2D eigenvalue weighted by molar-refractivity contribution is 5.84. The standard InChI is InChI=1S/C20H28N2O3/c1-21(13-14-25-18-9-3-2-4-10-18)20(24)16-11-12-19(23)22(15-16)17-7-5-6-8-17/h2-4,9-10,16-17H,5-8,11-15H2,1H3/t16-/m0/s1. The average molecular weight is 344 g/mol. The number of likely N-dealkylation sites (tertiary alicyclic amines) is 1. The lowest BCUT2D eigenvalue weighted by Gasteiger charge is -2.37. The third-order valence-electron chi connectivity index (χ3n) is 5.37. The summed E-state index contributed by atoms with van der Waals surface area (Å²) < 4.78 is 5.68. The molecule has 5 heteroatoms. The Morgan fingerprint density at radius 3 is 2.64 bits per heavy atom. The molecule has 1 saturated heterocycles. The van der Waals surface area contributed by atoms with Crippen molar-refractivity contribution in [1.29, 1.82) is 0 Å². The summed E-state index contributed by atoms with van der Waals surface area (Å²) in [4.78, 5) is 28.7. The van der Waals surface area contributed by atoms with Crippen LogP contribution in [0.5, 0.6) is 5.75 Å². The summed E-state index contributed by atoms with van der Waals surface area (Å²) in [5.74, 6) is 1.11. The monoisotopic (exact) mass is 344 g/mol. The number of carbonyl (C=O) groups is 2. The topological polar surface area (TPSA) is 49.9 Å². The maximum Gasteiger partial charge on any atom is 0.227 e. The minimum Gasteiger partial charge on any atom is -0.492 e. The fourth-order valence-electron chi connectivity index (χ4n) is 3.88. The number of benzene rings is 1. The second-order valence-corrected chi connectivity index (χ2v) is 7.14. The number of piperidine rings is 1. The van der Waals surface area contributed by atoms with Crippen LogP contribution in [0.25, 0.3) is 0 Å². The molecule has 1 atom stereocenters. The van der Waals surface area contributed by atoms with Gasteiger partial charge in [-0.1, -0.05) is 31.0 Å². The van der Waals surface area contributed by atoms with E-state index in [1.807, 2.05) is 42.3 Å². The number of amides is 2. The number of likely N-dealkylation sites (N-methyl/N-ethyl adjacent to an activating group) is 1. The number of hydrogen-bond acceptors (Lipinski definition) is 3. The van der Waals surface area contributed by atoms with Crippen molar-refractivity contribution < 1.29 is 14.3 Å². The Morgan fingerprint density at radius 2 is 1.92 bits per heavy atom. The van der Waals surface area contributed by atoms with Crippen molar-refractivity contribution in [3.63, 3.8) is 0 Å². The van der Waals surface area contributed by atoms with Crippen molar-refractivity contribution in [2.45, 2.75) is 44.6 Å². The van der Waals surface area contributed by atoms with E-state index in [9.17, 15) is 9.59 Å². The zero-order valence-corrected chi connectivity index (χ0v) is 15.0. The SMILES string of the molecule is CN(CCOc1ccccc1)C(=O)[C@H]1CCC(=O)N(C2CCCC2)C1. The van der Waals surface area contributed by atoms with E-state index in [1.165, 1.54) is 12.8 Å². The molecular formula is C20H28N2O3. The Morgan fingerprint density at radius 1 is 1.20 bits per heavy atom. The van der Waals surface area contributed by atoms with Crippen LogP contribution in [0.1, 0.15) is 38.5 Å². The number of ether oxygens (including phenoxy) is 1. The van der Waals surface area contributed by atoms with E-state index in [2.05, 4.69) is 0 Å². The number of nitrogens with zero attached hydrogens (tertiary/aromatic N) is 2. The lowest BCUT2D eigenvalue weighted by atomic mass is 9.94. The molecule has 25 heavy (non-hydrogen) atoms. The summed E-state index contributed by atoms with van der Waals surface area (Å²) in [5, 5.41) is 0. The quantitative estimate of drug-likeness (QED) is 0.797. The Hall–Kier alpha value is -2.04. The molecule has 1 aliphatic heterocycles. The normalized spacial score (nSPS) is 21.4. The van der Waals surface area contributed by atoms with Gasteiger partial charge in [0, 0.05) is 26.1 Å². The van der Waals surface area contributed by atoms with Crippen LogP contribution in [0.4, 0.5) is 0 Å². The molecule has 5 nitrogen and oxygen atoms in total. The Kier molecular flexibility index (Phi) is 5.95. The second kappa shape index (κ2) is 8.37. The van der Waals surface area contributed by atoms with E-state index in [-0.39, 0.29) is 17.7 Å². The highest BCUT2D eigenvalue weighted by Gasteiger charge is 2.36. The van der Waals surface area contributed by atoms with E-state index in [0.29, 0.717) is 38.6 Å². The molecule has 0 N–H and O–H groups in total. The highest BCUT2D eigenvalue weighted by Crippen LogP contribution is 2.29. The molecule has 2 aliphatic rings. The summed E-state index contributed by atoms with van der Waals surface area (Å²) >= 11 is 0. The van der Waals surface area contributed by atoms with Gasteiger partial charge in [0.15, 0.2) is 0 Å². The molecule has 0 aromatic heterocycles. The van der Waals surface area contributed by atoms with Gasteiger partial charge in [-0.25, -0.2) is 0 Å². The Balaban J connectivity index is 1.48. The number of para-hydroxylation sites is 1. The van der Waals surface area contributed by atoms with Gasteiger partial charge in [-0.3, -0.25) is 9.59 Å². The van der Waals surface area contributed by atoms with Gasteiger partial charge in [0.1, 0.15) is 12.4 Å². The molecule has 136 valence electrons. The van der Waals surface area contributed by atoms with Crippen LogP contribution in [-0.2, 0) is 9.59 Å². The van der Waals surface area contributed by atoms with Crippen molar-refractivity contribution in [1.82, 2.24) is 9.80 Å². The van der Waals surface area contributed by atoms with Crippen LogP contribution in [0.2, 0.25) is 0 Å². The van der Waals surface area contributed by atoms with Crippen molar-refractivity contribution in [2.75, 3.05) is 26.7 Å². The molecule has 0 radical (unpaired) electrons. The maximum atomic E-state index is 12.7. The highest BCUT2D eigenvalue weighted by atomic mass is 16.5. The number of carbonyl (C=O) groups excluding carboxylic acids is 2. The van der Waals surface area contributed by atoms with Crippen LogP contribution >= 0.6 is 0 Å². The second-order valence-electron chi connectivity index (χ2n) is 7.14. The number of hydrogen-bond donors (Lipinski definition) is 0. The van der Waals surface area contributed by atoms with Crippen LogP contribution in [0.15, 0.2) is 30.3 Å². The molecule has 0 unspecified atom stereocenters. The third-order valence-corrected chi connectivity index (χ3v) is 5.37. The Labute approximate surface area is 149 Å². The molecule has 1 heterocycles. The van der Waals surface area contributed by atoms with Gasteiger partial charge in [-0.05, 0) is 31.4 Å². The summed E-state index contributed by atoms with van der Waals surface area (Å²) in [6.07, 6.45) is 5.75. The van der Waals surface area contributed by atoms with Gasteiger partial charge < -0.3 is 14.5 Å². The first-order chi connectivity index (χ1) is 12.1. The molecule has 2 amide bonds. The van der Waals surface area contributed by atoms with E-state index < -0.39 is 0 Å². The fraction of sp³-hybridized carbons (Fsp3) is 0.600. The molecule has 3 rings (SSSR count). The molecule has 1 aliphatic carbocycles. The van der Waals surface area contributed by atoms with Crippen molar-refractivity contribution in [2.24, 2.45) is 5.92 Å². The van der Waals surface area contributed by atoms with Gasteiger partial charge in [-0.2, -0.15) is 0 Å². The molecule has 1 saturated carbocycles. The van der Waals surface area contributed by atoms with Gasteiger partial charge in [0.05, 0.1) is 12.5 Å². The Bertz CT molecular complexity index is 584. The first-order valence-electron chi connectivity index (χ1n) is 9.37. The molecule has 0 bridgehead atoms. The molecule has 2 fully saturated rings. The summed E-state index contributed by atoms with van der Waals surface area (Å²) in [7, 11) is 1.83. The predicted octanol–water partition coefficient (Wildman–Crippen LogP) is 2.71. The predicted molar refractivity (Wildman–Crippen MR) is 96.3 cm³/mol. The van der Waals surface area contributed by atoms with Gasteiger partial charge in [0.2, 0.25) is 11.8 Å². The van der Waals surface area contributed by atoms with Crippen LogP contribution in [0.3, 0.4) is 0 Å². The van der Waals surface area contributed by atoms with Crippen molar-refractivity contribution in [3.8, 4) is 5.75 Å². The minimum absolute atomic E-state index is 0.0694. The van der Waals surface area contributed by atoms with Crippen LogP contribution < -0.4 is 4.74 Å². The average Bonchev–Trinajstić information content (AvgIpc) is 3.17. The van der Waals surface area contributed by atoms with E-state index >= 15 is 0 Å². The van der Waals surface area contributed by atoms with E-state index in [0.717, 1.165) is 18.6 Å². The summed E-state index contributed by atoms with van der Waals surface area (Å²) in [6, 6.07) is 9.99. The van der Waals surface area contributed by atoms with E-state index in [1.54, 1.807) is 4.90 Å². The van der Waals surface area contributed by atoms with Crippen LogP contribution in [-0.4, -0.2) is 54.4 Å². The summed E-state index contributed by atoms with van der Waals surface area (Å²) in [6.45, 7) is 1.62. The lowest BCUT2D eigenvalue weighted by molar-refractivity contribution is -0.144. The number of rotatable bonds is 6. The molecular weight excluding hydrogens is 316 g/mol. The van der Waals surface area contributed by atoms with Crippen LogP contribution in [0, 0.1) is 5.92 Å². The molecule has 1 aromatic carbocycles. The lowest BCUT2D eigenvalue weighted by Crippen LogP contribution is -2.49.